The molecule has 4 rings (SSSR count). The smallest absolute Gasteiger partial charge is 0.233 e. The van der Waals surface area contributed by atoms with E-state index in [9.17, 15) is 4.79 Å². The molecule has 0 unspecified atom stereocenters. The zero-order valence-corrected chi connectivity index (χ0v) is 15.1. The third kappa shape index (κ3) is 3.27. The third-order valence-electron chi connectivity index (χ3n) is 4.88. The van der Waals surface area contributed by atoms with Crippen molar-refractivity contribution in [1.82, 2.24) is 4.98 Å². The maximum atomic E-state index is 12.7. The molecule has 2 aliphatic heterocycles. The molecule has 1 aromatic heterocycles. The van der Waals surface area contributed by atoms with Gasteiger partial charge in [0.15, 0.2) is 16.6 Å². The van der Waals surface area contributed by atoms with Crippen molar-refractivity contribution in [2.75, 3.05) is 38.3 Å². The van der Waals surface area contributed by atoms with Gasteiger partial charge in [-0.05, 0) is 31.0 Å². The molecule has 26 heavy (non-hydrogen) atoms. The van der Waals surface area contributed by atoms with Gasteiger partial charge in [-0.2, -0.15) is 0 Å². The van der Waals surface area contributed by atoms with Gasteiger partial charge in [-0.3, -0.25) is 4.79 Å². The van der Waals surface area contributed by atoms with Crippen LogP contribution in [0.5, 0.6) is 11.5 Å². The topological polar surface area (TPSA) is 95.7 Å². The number of nitrogens with zero attached hydrogens (tertiary/aromatic N) is 1. The molecule has 0 bridgehead atoms. The molecular formula is C18H21N3O4S. The van der Waals surface area contributed by atoms with Crippen LogP contribution >= 0.6 is 11.3 Å². The minimum absolute atomic E-state index is 0.0774. The first-order valence-electron chi connectivity index (χ1n) is 8.65. The van der Waals surface area contributed by atoms with Crippen LogP contribution in [0.25, 0.3) is 11.3 Å². The second kappa shape index (κ2) is 7.22. The number of benzene rings is 1. The van der Waals surface area contributed by atoms with Gasteiger partial charge < -0.3 is 25.3 Å². The van der Waals surface area contributed by atoms with E-state index in [2.05, 4.69) is 10.3 Å². The van der Waals surface area contributed by atoms with E-state index in [1.807, 2.05) is 23.6 Å². The van der Waals surface area contributed by atoms with Crippen molar-refractivity contribution in [3.63, 3.8) is 0 Å². The molecule has 7 nitrogen and oxygen atoms in total. The highest BCUT2D eigenvalue weighted by Gasteiger charge is 2.39. The first kappa shape index (κ1) is 17.3. The summed E-state index contributed by atoms with van der Waals surface area (Å²) >= 11 is 1.40. The number of anilines is 1. The first-order chi connectivity index (χ1) is 12.7. The van der Waals surface area contributed by atoms with Gasteiger partial charge in [0.2, 0.25) is 5.91 Å². The van der Waals surface area contributed by atoms with E-state index in [-0.39, 0.29) is 5.91 Å². The molecule has 1 aromatic carbocycles. The zero-order valence-electron chi connectivity index (χ0n) is 14.3. The van der Waals surface area contributed by atoms with Gasteiger partial charge in [0.05, 0.1) is 11.1 Å². The predicted molar refractivity (Wildman–Crippen MR) is 98.7 cm³/mol. The molecule has 2 aromatic rings. The minimum Gasteiger partial charge on any atom is -0.486 e. The molecular weight excluding hydrogens is 354 g/mol. The monoisotopic (exact) mass is 375 g/mol. The summed E-state index contributed by atoms with van der Waals surface area (Å²) < 4.78 is 16.5. The van der Waals surface area contributed by atoms with Crippen molar-refractivity contribution in [3.8, 4) is 22.8 Å². The first-order valence-corrected chi connectivity index (χ1v) is 9.53. The Balaban J connectivity index is 1.50. The summed E-state index contributed by atoms with van der Waals surface area (Å²) in [5.74, 6) is 1.39. The summed E-state index contributed by atoms with van der Waals surface area (Å²) in [4.78, 5) is 17.3. The van der Waals surface area contributed by atoms with Gasteiger partial charge in [0.1, 0.15) is 13.2 Å². The number of fused-ring (bicyclic) bond motifs is 1. The number of aromatic nitrogens is 1. The molecule has 8 heteroatoms. The average Bonchev–Trinajstić information content (AvgIpc) is 3.16. The average molecular weight is 375 g/mol. The van der Waals surface area contributed by atoms with E-state index in [1.54, 1.807) is 0 Å². The van der Waals surface area contributed by atoms with Crippen molar-refractivity contribution < 1.29 is 19.0 Å². The van der Waals surface area contributed by atoms with Crippen molar-refractivity contribution in [2.24, 2.45) is 11.1 Å². The van der Waals surface area contributed by atoms with E-state index in [4.69, 9.17) is 19.9 Å². The second-order valence-electron chi connectivity index (χ2n) is 6.45. The Hall–Kier alpha value is -2.16. The van der Waals surface area contributed by atoms with Crippen molar-refractivity contribution >= 4 is 22.4 Å². The lowest BCUT2D eigenvalue weighted by molar-refractivity contribution is -0.130. The SMILES string of the molecule is NCC1(C(=O)Nc2nc(-c3ccc4c(c3)OCCO4)cs2)CCOCC1. The Morgan fingerprint density at radius 1 is 1.19 bits per heavy atom. The summed E-state index contributed by atoms with van der Waals surface area (Å²) in [6.07, 6.45) is 1.27. The number of amides is 1. The maximum absolute atomic E-state index is 12.7. The maximum Gasteiger partial charge on any atom is 0.233 e. The third-order valence-corrected chi connectivity index (χ3v) is 5.64. The molecule has 2 aliphatic rings. The van der Waals surface area contributed by atoms with E-state index in [1.165, 1.54) is 11.3 Å². The van der Waals surface area contributed by atoms with E-state index >= 15 is 0 Å². The van der Waals surface area contributed by atoms with Crippen LogP contribution in [0.2, 0.25) is 0 Å². The van der Waals surface area contributed by atoms with Gasteiger partial charge in [0, 0.05) is 30.7 Å². The van der Waals surface area contributed by atoms with Crippen LogP contribution in [0, 0.1) is 5.41 Å². The molecule has 1 saturated heterocycles. The van der Waals surface area contributed by atoms with Crippen molar-refractivity contribution in [3.05, 3.63) is 23.6 Å². The highest BCUT2D eigenvalue weighted by atomic mass is 32.1. The fourth-order valence-corrected chi connectivity index (χ4v) is 3.90. The van der Waals surface area contributed by atoms with E-state index in [0.29, 0.717) is 50.9 Å². The highest BCUT2D eigenvalue weighted by Crippen LogP contribution is 2.36. The molecule has 138 valence electrons. The number of ether oxygens (including phenoxy) is 3. The Kier molecular flexibility index (Phi) is 4.80. The summed E-state index contributed by atoms with van der Waals surface area (Å²) in [5.41, 5.74) is 7.04. The van der Waals surface area contributed by atoms with Crippen LogP contribution in [0.3, 0.4) is 0 Å². The lowest BCUT2D eigenvalue weighted by atomic mass is 9.79. The fraction of sp³-hybridized carbons (Fsp3) is 0.444. The number of carbonyl (C=O) groups excluding carboxylic acids is 1. The molecule has 0 aliphatic carbocycles. The largest absolute Gasteiger partial charge is 0.486 e. The van der Waals surface area contributed by atoms with Crippen LogP contribution in [-0.2, 0) is 9.53 Å². The number of thiazole rings is 1. The number of nitrogens with two attached hydrogens (primary N) is 1. The second-order valence-corrected chi connectivity index (χ2v) is 7.31. The standard InChI is InChI=1S/C18H21N3O4S/c19-11-18(3-5-23-6-4-18)16(22)21-17-20-13(10-26-17)12-1-2-14-15(9-12)25-8-7-24-14/h1-2,9-10H,3-8,11,19H2,(H,20,21,22). The Morgan fingerprint density at radius 2 is 1.96 bits per heavy atom. The number of carbonyl (C=O) groups is 1. The van der Waals surface area contributed by atoms with Crippen LogP contribution in [0.15, 0.2) is 23.6 Å². The Morgan fingerprint density at radius 3 is 2.73 bits per heavy atom. The Bertz CT molecular complexity index is 801. The number of rotatable bonds is 4. The molecule has 0 spiro atoms. The molecule has 0 atom stereocenters. The highest BCUT2D eigenvalue weighted by molar-refractivity contribution is 7.14. The number of nitrogens with one attached hydrogen (secondary N) is 1. The van der Waals surface area contributed by atoms with Gasteiger partial charge in [0.25, 0.3) is 0 Å². The zero-order chi connectivity index (χ0) is 18.0. The van der Waals surface area contributed by atoms with Crippen molar-refractivity contribution in [2.45, 2.75) is 12.8 Å². The van der Waals surface area contributed by atoms with Gasteiger partial charge in [-0.1, -0.05) is 0 Å². The lowest BCUT2D eigenvalue weighted by Crippen LogP contribution is -2.46. The van der Waals surface area contributed by atoms with Gasteiger partial charge in [-0.25, -0.2) is 4.98 Å². The molecule has 0 radical (unpaired) electrons. The number of hydrogen-bond donors (Lipinski definition) is 2. The lowest BCUT2D eigenvalue weighted by Gasteiger charge is -2.34. The molecule has 3 N–H and O–H groups in total. The van der Waals surface area contributed by atoms with E-state index in [0.717, 1.165) is 22.8 Å². The van der Waals surface area contributed by atoms with Crippen LogP contribution < -0.4 is 20.5 Å². The minimum atomic E-state index is -0.568. The van der Waals surface area contributed by atoms with Crippen LogP contribution in [-0.4, -0.2) is 43.9 Å². The quantitative estimate of drug-likeness (QED) is 0.851. The Labute approximate surface area is 155 Å². The summed E-state index contributed by atoms with van der Waals surface area (Å²) in [5, 5.41) is 5.42. The van der Waals surface area contributed by atoms with Crippen molar-refractivity contribution in [1.29, 1.82) is 0 Å². The summed E-state index contributed by atoms with van der Waals surface area (Å²) in [6, 6.07) is 5.73. The summed E-state index contributed by atoms with van der Waals surface area (Å²) in [6.45, 7) is 2.53. The molecule has 1 amide bonds. The summed E-state index contributed by atoms with van der Waals surface area (Å²) in [7, 11) is 0. The predicted octanol–water partition coefficient (Wildman–Crippen LogP) is 2.28. The van der Waals surface area contributed by atoms with Gasteiger partial charge >= 0.3 is 0 Å². The molecule has 1 fully saturated rings. The van der Waals surface area contributed by atoms with Crippen LogP contribution in [0.1, 0.15) is 12.8 Å². The number of hydrogen-bond acceptors (Lipinski definition) is 7. The normalized spacial score (nSPS) is 18.3. The van der Waals surface area contributed by atoms with E-state index < -0.39 is 5.41 Å². The molecule has 0 saturated carbocycles. The fourth-order valence-electron chi connectivity index (χ4n) is 3.18. The molecule has 3 heterocycles. The van der Waals surface area contributed by atoms with Crippen LogP contribution in [0.4, 0.5) is 5.13 Å². The van der Waals surface area contributed by atoms with Gasteiger partial charge in [-0.15, -0.1) is 11.3 Å².